The zero-order valence-corrected chi connectivity index (χ0v) is 24.3. The van der Waals surface area contributed by atoms with E-state index in [-0.39, 0.29) is 17.2 Å². The van der Waals surface area contributed by atoms with Gasteiger partial charge in [0, 0.05) is 27.4 Å². The van der Waals surface area contributed by atoms with Gasteiger partial charge in [-0.15, -0.1) is 11.8 Å². The number of hydrogen-bond acceptors (Lipinski definition) is 5. The number of nitrogens with one attached hydrogen (secondary N) is 3. The molecule has 4 aromatic rings. The van der Waals surface area contributed by atoms with Crippen LogP contribution in [0, 0.1) is 5.82 Å². The molecule has 7 nitrogen and oxygen atoms in total. The van der Waals surface area contributed by atoms with Gasteiger partial charge in [0.2, 0.25) is 5.91 Å². The summed E-state index contributed by atoms with van der Waals surface area (Å²) in [6.45, 7) is 1.75. The molecule has 3 amide bonds. The summed E-state index contributed by atoms with van der Waals surface area (Å²) in [7, 11) is 1.51. The van der Waals surface area contributed by atoms with Crippen molar-refractivity contribution in [2.24, 2.45) is 0 Å². The molecule has 0 fully saturated rings. The topological polar surface area (TPSA) is 96.5 Å². The fourth-order valence-electron chi connectivity index (χ4n) is 3.78. The van der Waals surface area contributed by atoms with E-state index < -0.39 is 22.9 Å². The molecule has 0 saturated heterocycles. The van der Waals surface area contributed by atoms with Crippen LogP contribution in [0.1, 0.15) is 22.8 Å². The third kappa shape index (κ3) is 8.22. The Bertz CT molecular complexity index is 1630. The number of hydrogen-bond donors (Lipinski definition) is 3. The molecule has 3 N–H and O–H groups in total. The Kier molecular flexibility index (Phi) is 10.4. The third-order valence-electron chi connectivity index (χ3n) is 5.93. The molecule has 0 aromatic heterocycles. The summed E-state index contributed by atoms with van der Waals surface area (Å²) in [5.41, 5.74) is 1.29. The number of thioether (sulfide) groups is 1. The van der Waals surface area contributed by atoms with Crippen molar-refractivity contribution in [3.05, 3.63) is 125 Å². The summed E-state index contributed by atoms with van der Waals surface area (Å²) in [5, 5.41) is 8.06. The minimum absolute atomic E-state index is 0.137. The van der Waals surface area contributed by atoms with Crippen LogP contribution in [0.25, 0.3) is 6.08 Å². The highest BCUT2D eigenvalue weighted by atomic mass is 35.5. The molecule has 1 atom stereocenters. The van der Waals surface area contributed by atoms with Gasteiger partial charge in [-0.1, -0.05) is 54.1 Å². The maximum Gasteiger partial charge on any atom is 0.272 e. The van der Waals surface area contributed by atoms with E-state index in [1.807, 2.05) is 6.07 Å². The van der Waals surface area contributed by atoms with Crippen molar-refractivity contribution in [3.8, 4) is 5.75 Å². The minimum Gasteiger partial charge on any atom is -0.495 e. The first-order valence-electron chi connectivity index (χ1n) is 12.8. The summed E-state index contributed by atoms with van der Waals surface area (Å²) >= 11 is 7.44. The van der Waals surface area contributed by atoms with Gasteiger partial charge in [-0.25, -0.2) is 4.39 Å². The van der Waals surface area contributed by atoms with Crippen LogP contribution < -0.4 is 20.7 Å². The van der Waals surface area contributed by atoms with Gasteiger partial charge < -0.3 is 20.7 Å². The number of methoxy groups -OCH3 is 1. The number of amides is 3. The summed E-state index contributed by atoms with van der Waals surface area (Å²) in [6, 6.07) is 26.2. The summed E-state index contributed by atoms with van der Waals surface area (Å²) in [6.07, 6.45) is 1.28. The highest BCUT2D eigenvalue weighted by molar-refractivity contribution is 8.00. The monoisotopic (exact) mass is 603 g/mol. The molecule has 0 heterocycles. The van der Waals surface area contributed by atoms with Gasteiger partial charge >= 0.3 is 0 Å². The lowest BCUT2D eigenvalue weighted by Crippen LogP contribution is -2.30. The first kappa shape index (κ1) is 30.4. The first-order valence-corrected chi connectivity index (χ1v) is 14.0. The Balaban J connectivity index is 1.47. The van der Waals surface area contributed by atoms with Gasteiger partial charge in [0.1, 0.15) is 17.3 Å². The van der Waals surface area contributed by atoms with Gasteiger partial charge in [-0.05, 0) is 67.6 Å². The lowest BCUT2D eigenvalue weighted by molar-refractivity contribution is -0.115. The Morgan fingerprint density at radius 1 is 0.881 bits per heavy atom. The molecule has 0 aliphatic rings. The van der Waals surface area contributed by atoms with Crippen molar-refractivity contribution in [1.82, 2.24) is 5.32 Å². The second-order valence-corrected chi connectivity index (χ2v) is 10.8. The van der Waals surface area contributed by atoms with Gasteiger partial charge in [-0.3, -0.25) is 14.4 Å². The second-order valence-electron chi connectivity index (χ2n) is 8.98. The molecular weight excluding hydrogens is 577 g/mol. The fraction of sp³-hybridized carbons (Fsp3) is 0.0938. The molecule has 0 saturated carbocycles. The molecular formula is C32H27ClFN3O4S. The normalized spacial score (nSPS) is 11.8. The molecule has 0 aliphatic carbocycles. The van der Waals surface area contributed by atoms with Crippen molar-refractivity contribution in [2.75, 3.05) is 17.7 Å². The van der Waals surface area contributed by atoms with Crippen molar-refractivity contribution >= 4 is 58.5 Å². The van der Waals surface area contributed by atoms with Crippen LogP contribution in [0.15, 0.2) is 108 Å². The lowest BCUT2D eigenvalue weighted by Gasteiger charge is -2.14. The van der Waals surface area contributed by atoms with Crippen LogP contribution in [0.4, 0.5) is 15.8 Å². The maximum absolute atomic E-state index is 14.4. The number of carbonyl (C=O) groups excluding carboxylic acids is 3. The fourth-order valence-corrected chi connectivity index (χ4v) is 4.97. The standard InChI is InChI=1S/C32H27ClFN3O4S/c1-20(30(38)35-24-15-16-29(41-2)26(33)19-24)42-25-13-8-12-23(18-25)36-32(40)28(17-22-11-6-7-14-27(22)34)37-31(39)21-9-4-3-5-10-21/h3-20H,1-2H3,(H,35,38)(H,36,40)(H,37,39)/b28-17-. The van der Waals surface area contributed by atoms with Crippen molar-refractivity contribution in [3.63, 3.8) is 0 Å². The molecule has 10 heteroatoms. The van der Waals surface area contributed by atoms with Crippen LogP contribution in [-0.2, 0) is 9.59 Å². The van der Waals surface area contributed by atoms with Crippen LogP contribution >= 0.6 is 23.4 Å². The summed E-state index contributed by atoms with van der Waals surface area (Å²) in [5.74, 6) is -1.45. The minimum atomic E-state index is -0.646. The smallest absolute Gasteiger partial charge is 0.272 e. The lowest BCUT2D eigenvalue weighted by atomic mass is 10.1. The zero-order chi connectivity index (χ0) is 30.1. The van der Waals surface area contributed by atoms with E-state index in [2.05, 4.69) is 16.0 Å². The zero-order valence-electron chi connectivity index (χ0n) is 22.7. The van der Waals surface area contributed by atoms with Crippen molar-refractivity contribution < 1.29 is 23.5 Å². The first-order chi connectivity index (χ1) is 20.2. The predicted octanol–water partition coefficient (Wildman–Crippen LogP) is 7.02. The third-order valence-corrected chi connectivity index (χ3v) is 7.32. The number of halogens is 2. The van der Waals surface area contributed by atoms with E-state index in [9.17, 15) is 18.8 Å². The van der Waals surface area contributed by atoms with Gasteiger partial charge in [-0.2, -0.15) is 0 Å². The van der Waals surface area contributed by atoms with E-state index in [0.717, 1.165) is 4.90 Å². The quantitative estimate of drug-likeness (QED) is 0.134. The van der Waals surface area contributed by atoms with Gasteiger partial charge in [0.25, 0.3) is 11.8 Å². The van der Waals surface area contributed by atoms with Crippen LogP contribution in [0.3, 0.4) is 0 Å². The summed E-state index contributed by atoms with van der Waals surface area (Å²) < 4.78 is 19.5. The van der Waals surface area contributed by atoms with Crippen LogP contribution in [0.2, 0.25) is 5.02 Å². The Morgan fingerprint density at radius 2 is 1.60 bits per heavy atom. The molecule has 214 valence electrons. The van der Waals surface area contributed by atoms with Crippen molar-refractivity contribution in [2.45, 2.75) is 17.1 Å². The number of carbonyl (C=O) groups is 3. The average Bonchev–Trinajstić information content (AvgIpc) is 2.98. The Morgan fingerprint density at radius 3 is 2.31 bits per heavy atom. The van der Waals surface area contributed by atoms with Gasteiger partial charge in [0.05, 0.1) is 17.4 Å². The maximum atomic E-state index is 14.4. The molecule has 0 aliphatic heterocycles. The van der Waals surface area contributed by atoms with E-state index in [1.54, 1.807) is 79.7 Å². The van der Waals surface area contributed by atoms with E-state index in [1.165, 1.54) is 43.1 Å². The van der Waals surface area contributed by atoms with Crippen molar-refractivity contribution in [1.29, 1.82) is 0 Å². The molecule has 42 heavy (non-hydrogen) atoms. The second kappa shape index (κ2) is 14.3. The number of ether oxygens (including phenoxy) is 1. The average molecular weight is 604 g/mol. The Labute approximate surface area is 252 Å². The number of rotatable bonds is 10. The summed E-state index contributed by atoms with van der Waals surface area (Å²) in [4.78, 5) is 39.7. The molecule has 1 unspecified atom stereocenters. The number of benzene rings is 4. The molecule has 0 spiro atoms. The highest BCUT2D eigenvalue weighted by Gasteiger charge is 2.18. The van der Waals surface area contributed by atoms with E-state index >= 15 is 0 Å². The van der Waals surface area contributed by atoms with Crippen LogP contribution in [0.5, 0.6) is 5.75 Å². The van der Waals surface area contributed by atoms with Gasteiger partial charge in [0.15, 0.2) is 0 Å². The van der Waals surface area contributed by atoms with E-state index in [0.29, 0.717) is 27.7 Å². The SMILES string of the molecule is COc1ccc(NC(=O)C(C)Sc2cccc(NC(=O)/C(=C/c3ccccc3F)NC(=O)c3ccccc3)c2)cc1Cl. The van der Waals surface area contributed by atoms with Crippen LogP contribution in [-0.4, -0.2) is 30.1 Å². The van der Waals surface area contributed by atoms with E-state index in [4.69, 9.17) is 16.3 Å². The Hall–Kier alpha value is -4.60. The molecule has 4 aromatic carbocycles. The molecule has 0 bridgehead atoms. The predicted molar refractivity (Wildman–Crippen MR) is 165 cm³/mol. The largest absolute Gasteiger partial charge is 0.495 e. The highest BCUT2D eigenvalue weighted by Crippen LogP contribution is 2.29. The number of anilines is 2. The molecule has 4 rings (SSSR count). The molecule has 0 radical (unpaired) electrons.